The van der Waals surface area contributed by atoms with Crippen LogP contribution in [0.15, 0.2) is 24.4 Å². The van der Waals surface area contributed by atoms with E-state index in [2.05, 4.69) is 9.97 Å². The topological polar surface area (TPSA) is 78.1 Å². The van der Waals surface area contributed by atoms with Gasteiger partial charge in [0.1, 0.15) is 11.6 Å². The fourth-order valence-corrected chi connectivity index (χ4v) is 1.65. The Morgan fingerprint density at radius 1 is 1.44 bits per heavy atom. The molecule has 0 saturated carbocycles. The second-order valence-corrected chi connectivity index (χ2v) is 3.93. The van der Waals surface area contributed by atoms with E-state index in [1.54, 1.807) is 18.2 Å². The first-order valence-corrected chi connectivity index (χ1v) is 5.45. The Morgan fingerprint density at radius 3 is 2.83 bits per heavy atom. The lowest BCUT2D eigenvalue weighted by atomic mass is 10.2. The summed E-state index contributed by atoms with van der Waals surface area (Å²) in [5.74, 6) is 1.06. The number of nitrogen functional groups attached to an aromatic ring is 1. The van der Waals surface area contributed by atoms with Crippen LogP contribution in [0.1, 0.15) is 10.4 Å². The lowest BCUT2D eigenvalue weighted by Gasteiger charge is -2.08. The van der Waals surface area contributed by atoms with E-state index in [9.17, 15) is 4.79 Å². The van der Waals surface area contributed by atoms with Crippen LogP contribution < -0.4 is 10.5 Å². The number of hydrogen-bond acceptors (Lipinski definition) is 5. The van der Waals surface area contributed by atoms with Gasteiger partial charge in [0.2, 0.25) is 0 Å². The molecule has 2 N–H and O–H groups in total. The molecule has 0 spiro atoms. The molecular formula is C12H10ClN3O2. The number of carbonyl (C=O) groups excluding carboxylic acids is 1. The lowest BCUT2D eigenvalue weighted by Crippen LogP contribution is -2.01. The van der Waals surface area contributed by atoms with E-state index in [-0.39, 0.29) is 11.4 Å². The number of methoxy groups -OCH3 is 1. The molecule has 92 valence electrons. The number of aromatic nitrogens is 2. The number of rotatable bonds is 3. The van der Waals surface area contributed by atoms with Gasteiger partial charge in [-0.25, -0.2) is 9.97 Å². The molecule has 1 heterocycles. The van der Waals surface area contributed by atoms with Crippen molar-refractivity contribution in [1.29, 1.82) is 0 Å². The summed E-state index contributed by atoms with van der Waals surface area (Å²) in [6.07, 6.45) is 1.97. The second kappa shape index (κ2) is 5.01. The second-order valence-electron chi connectivity index (χ2n) is 3.50. The maximum Gasteiger partial charge on any atom is 0.165 e. The zero-order valence-corrected chi connectivity index (χ0v) is 10.3. The molecule has 0 bridgehead atoms. The normalized spacial score (nSPS) is 10.1. The summed E-state index contributed by atoms with van der Waals surface area (Å²) in [5, 5.41) is 0.535. The molecule has 2 aromatic rings. The minimum Gasteiger partial charge on any atom is -0.496 e. The van der Waals surface area contributed by atoms with Crippen LogP contribution in [-0.4, -0.2) is 23.4 Å². The van der Waals surface area contributed by atoms with Crippen LogP contribution in [-0.2, 0) is 0 Å². The van der Waals surface area contributed by atoms with Crippen LogP contribution in [0.25, 0.3) is 11.4 Å². The Morgan fingerprint density at radius 2 is 2.22 bits per heavy atom. The number of nitrogens with two attached hydrogens (primary N) is 1. The predicted molar refractivity (Wildman–Crippen MR) is 68.8 cm³/mol. The Balaban J connectivity index is 2.57. The van der Waals surface area contributed by atoms with Crippen LogP contribution in [0, 0.1) is 0 Å². The van der Waals surface area contributed by atoms with E-state index < -0.39 is 0 Å². The van der Waals surface area contributed by atoms with Gasteiger partial charge in [0.15, 0.2) is 12.1 Å². The SMILES string of the molecule is COc1ccc(Cl)cc1-c1ncc(C=O)c(N)n1. The highest BCUT2D eigenvalue weighted by atomic mass is 35.5. The first-order chi connectivity index (χ1) is 8.65. The molecule has 18 heavy (non-hydrogen) atoms. The summed E-state index contributed by atoms with van der Waals surface area (Å²) in [5.41, 5.74) is 6.51. The van der Waals surface area contributed by atoms with Crippen molar-refractivity contribution in [3.05, 3.63) is 35.0 Å². The number of aldehydes is 1. The molecule has 0 aliphatic heterocycles. The average molecular weight is 264 g/mol. The van der Waals surface area contributed by atoms with Gasteiger partial charge < -0.3 is 10.5 Å². The molecule has 0 unspecified atom stereocenters. The van der Waals surface area contributed by atoms with E-state index >= 15 is 0 Å². The highest BCUT2D eigenvalue weighted by Crippen LogP contribution is 2.30. The van der Waals surface area contributed by atoms with Crippen molar-refractivity contribution in [2.75, 3.05) is 12.8 Å². The number of benzene rings is 1. The van der Waals surface area contributed by atoms with Crippen molar-refractivity contribution in [2.24, 2.45) is 0 Å². The van der Waals surface area contributed by atoms with Gasteiger partial charge in [-0.3, -0.25) is 4.79 Å². The van der Waals surface area contributed by atoms with Crippen LogP contribution in [0.2, 0.25) is 5.02 Å². The number of halogens is 1. The Labute approximate surface area is 109 Å². The van der Waals surface area contributed by atoms with Gasteiger partial charge in [-0.15, -0.1) is 0 Å². The molecule has 2 rings (SSSR count). The van der Waals surface area contributed by atoms with Crippen molar-refractivity contribution in [3.8, 4) is 17.1 Å². The molecule has 0 radical (unpaired) electrons. The molecule has 0 aliphatic carbocycles. The van der Waals surface area contributed by atoms with E-state index in [1.165, 1.54) is 13.3 Å². The molecule has 1 aromatic carbocycles. The number of ether oxygens (including phenoxy) is 1. The zero-order valence-electron chi connectivity index (χ0n) is 9.55. The molecule has 1 aromatic heterocycles. The Hall–Kier alpha value is -2.14. The Kier molecular flexibility index (Phi) is 3.43. The summed E-state index contributed by atoms with van der Waals surface area (Å²) in [6.45, 7) is 0. The molecule has 0 amide bonds. The summed E-state index contributed by atoms with van der Waals surface area (Å²) < 4.78 is 5.20. The van der Waals surface area contributed by atoms with E-state index in [0.29, 0.717) is 28.4 Å². The third kappa shape index (κ3) is 2.26. The van der Waals surface area contributed by atoms with Crippen molar-refractivity contribution < 1.29 is 9.53 Å². The third-order valence-electron chi connectivity index (χ3n) is 2.38. The molecule has 5 nitrogen and oxygen atoms in total. The zero-order chi connectivity index (χ0) is 13.1. The predicted octanol–water partition coefficient (Wildman–Crippen LogP) is 2.20. The van der Waals surface area contributed by atoms with Crippen LogP contribution in [0.5, 0.6) is 5.75 Å². The smallest absolute Gasteiger partial charge is 0.165 e. The van der Waals surface area contributed by atoms with Crippen LogP contribution in [0.3, 0.4) is 0 Å². The van der Waals surface area contributed by atoms with Gasteiger partial charge in [-0.2, -0.15) is 0 Å². The van der Waals surface area contributed by atoms with Crippen LogP contribution >= 0.6 is 11.6 Å². The van der Waals surface area contributed by atoms with Gasteiger partial charge in [-0.05, 0) is 18.2 Å². The summed E-state index contributed by atoms with van der Waals surface area (Å²) in [6, 6.07) is 5.09. The number of carbonyl (C=O) groups is 1. The maximum atomic E-state index is 10.6. The average Bonchev–Trinajstić information content (AvgIpc) is 2.38. The summed E-state index contributed by atoms with van der Waals surface area (Å²) in [7, 11) is 1.54. The standard InChI is InChI=1S/C12H10ClN3O2/c1-18-10-3-2-8(13)4-9(10)12-15-5-7(6-17)11(14)16-12/h2-6H,1H3,(H2,14,15,16). The minimum atomic E-state index is 0.122. The molecular weight excluding hydrogens is 254 g/mol. The van der Waals surface area contributed by atoms with Crippen LogP contribution in [0.4, 0.5) is 5.82 Å². The molecule has 0 atom stereocenters. The van der Waals surface area contributed by atoms with Gasteiger partial charge in [0.25, 0.3) is 0 Å². The van der Waals surface area contributed by atoms with Gasteiger partial charge >= 0.3 is 0 Å². The minimum absolute atomic E-state index is 0.122. The quantitative estimate of drug-likeness (QED) is 0.859. The fourth-order valence-electron chi connectivity index (χ4n) is 1.48. The van der Waals surface area contributed by atoms with Gasteiger partial charge in [0, 0.05) is 11.2 Å². The molecule has 6 heteroatoms. The number of nitrogens with zero attached hydrogens (tertiary/aromatic N) is 2. The fraction of sp³-hybridized carbons (Fsp3) is 0.0833. The van der Waals surface area contributed by atoms with Crippen molar-refractivity contribution in [3.63, 3.8) is 0 Å². The first-order valence-electron chi connectivity index (χ1n) is 5.07. The summed E-state index contributed by atoms with van der Waals surface area (Å²) in [4.78, 5) is 18.8. The third-order valence-corrected chi connectivity index (χ3v) is 2.61. The van der Waals surface area contributed by atoms with Crippen molar-refractivity contribution >= 4 is 23.7 Å². The lowest BCUT2D eigenvalue weighted by molar-refractivity contribution is 0.112. The maximum absolute atomic E-state index is 10.6. The van der Waals surface area contributed by atoms with Gasteiger partial charge in [-0.1, -0.05) is 11.6 Å². The van der Waals surface area contributed by atoms with Crippen molar-refractivity contribution in [2.45, 2.75) is 0 Å². The van der Waals surface area contributed by atoms with E-state index in [4.69, 9.17) is 22.1 Å². The largest absolute Gasteiger partial charge is 0.496 e. The first kappa shape index (κ1) is 12.3. The molecule has 0 fully saturated rings. The van der Waals surface area contributed by atoms with E-state index in [0.717, 1.165) is 0 Å². The highest BCUT2D eigenvalue weighted by molar-refractivity contribution is 6.30. The monoisotopic (exact) mass is 263 g/mol. The number of anilines is 1. The molecule has 0 aliphatic rings. The molecule has 0 saturated heterocycles. The van der Waals surface area contributed by atoms with Gasteiger partial charge in [0.05, 0.1) is 18.2 Å². The highest BCUT2D eigenvalue weighted by Gasteiger charge is 2.11. The summed E-state index contributed by atoms with van der Waals surface area (Å²) >= 11 is 5.92. The van der Waals surface area contributed by atoms with Crippen molar-refractivity contribution in [1.82, 2.24) is 9.97 Å². The Bertz CT molecular complexity index is 602. The number of hydrogen-bond donors (Lipinski definition) is 1. The van der Waals surface area contributed by atoms with E-state index in [1.807, 2.05) is 0 Å².